The molecule has 0 fully saturated rings. The maximum atomic E-state index is 12.4. The Balaban J connectivity index is 1.84. The fourth-order valence-electron chi connectivity index (χ4n) is 2.47. The number of aromatic nitrogens is 3. The van der Waals surface area contributed by atoms with Crippen molar-refractivity contribution in [1.82, 2.24) is 14.1 Å². The van der Waals surface area contributed by atoms with Crippen molar-refractivity contribution in [3.8, 4) is 0 Å². The monoisotopic (exact) mass is 295 g/mol. The molecule has 0 saturated heterocycles. The van der Waals surface area contributed by atoms with Gasteiger partial charge in [-0.25, -0.2) is 4.98 Å². The highest BCUT2D eigenvalue weighted by Gasteiger charge is 2.18. The Morgan fingerprint density at radius 3 is 2.64 bits per heavy atom. The SMILES string of the molecule is Cn1cccc1C(=O)Cn1ccnc1[C@H](O)c1ccccc1. The van der Waals surface area contributed by atoms with Gasteiger partial charge in [0, 0.05) is 25.6 Å². The lowest BCUT2D eigenvalue weighted by molar-refractivity contribution is 0.0959. The molecular formula is C17H17N3O2. The molecule has 3 aromatic rings. The second-order valence-corrected chi connectivity index (χ2v) is 5.15. The van der Waals surface area contributed by atoms with E-state index in [1.807, 2.05) is 49.6 Å². The Hall–Kier alpha value is -2.66. The van der Waals surface area contributed by atoms with Crippen LogP contribution < -0.4 is 0 Å². The van der Waals surface area contributed by atoms with E-state index in [-0.39, 0.29) is 12.3 Å². The van der Waals surface area contributed by atoms with Crippen molar-refractivity contribution in [3.05, 3.63) is 78.1 Å². The summed E-state index contributed by atoms with van der Waals surface area (Å²) in [5.41, 5.74) is 1.38. The topological polar surface area (TPSA) is 60.0 Å². The number of benzene rings is 1. The summed E-state index contributed by atoms with van der Waals surface area (Å²) in [5.74, 6) is 0.445. The molecule has 0 radical (unpaired) electrons. The van der Waals surface area contributed by atoms with E-state index in [4.69, 9.17) is 0 Å². The van der Waals surface area contributed by atoms with Crippen LogP contribution in [-0.4, -0.2) is 25.0 Å². The molecule has 0 aliphatic carbocycles. The third-order valence-electron chi connectivity index (χ3n) is 3.65. The first-order chi connectivity index (χ1) is 10.7. The minimum atomic E-state index is -0.850. The zero-order valence-electron chi connectivity index (χ0n) is 12.3. The maximum absolute atomic E-state index is 12.4. The van der Waals surface area contributed by atoms with Crippen LogP contribution in [0, 0.1) is 0 Å². The number of hydrogen-bond acceptors (Lipinski definition) is 3. The molecule has 3 rings (SSSR count). The Labute approximate surface area is 128 Å². The van der Waals surface area contributed by atoms with E-state index in [1.54, 1.807) is 27.6 Å². The molecule has 0 bridgehead atoms. The molecule has 5 nitrogen and oxygen atoms in total. The average Bonchev–Trinajstić information content (AvgIpc) is 3.16. The fourth-order valence-corrected chi connectivity index (χ4v) is 2.47. The van der Waals surface area contributed by atoms with Crippen LogP contribution in [0.3, 0.4) is 0 Å². The number of carbonyl (C=O) groups is 1. The number of aliphatic hydroxyl groups excluding tert-OH is 1. The van der Waals surface area contributed by atoms with Crippen molar-refractivity contribution in [2.24, 2.45) is 7.05 Å². The quantitative estimate of drug-likeness (QED) is 0.734. The first-order valence-corrected chi connectivity index (χ1v) is 7.05. The van der Waals surface area contributed by atoms with Gasteiger partial charge < -0.3 is 14.2 Å². The van der Waals surface area contributed by atoms with Gasteiger partial charge in [0.15, 0.2) is 5.78 Å². The summed E-state index contributed by atoms with van der Waals surface area (Å²) >= 11 is 0. The second-order valence-electron chi connectivity index (χ2n) is 5.15. The van der Waals surface area contributed by atoms with Crippen LogP contribution in [0.4, 0.5) is 0 Å². The molecule has 1 aromatic carbocycles. The number of rotatable bonds is 5. The van der Waals surface area contributed by atoms with Gasteiger partial charge in [0.2, 0.25) is 0 Å². The molecule has 0 spiro atoms. The highest BCUT2D eigenvalue weighted by Crippen LogP contribution is 2.20. The van der Waals surface area contributed by atoms with Crippen LogP contribution in [0.25, 0.3) is 0 Å². The highest BCUT2D eigenvalue weighted by atomic mass is 16.3. The lowest BCUT2D eigenvalue weighted by Crippen LogP contribution is -2.17. The molecular weight excluding hydrogens is 278 g/mol. The molecule has 2 aromatic heterocycles. The molecule has 0 aliphatic heterocycles. The molecule has 0 unspecified atom stereocenters. The first kappa shape index (κ1) is 14.3. The third-order valence-corrected chi connectivity index (χ3v) is 3.65. The average molecular weight is 295 g/mol. The largest absolute Gasteiger partial charge is 0.380 e. The third kappa shape index (κ3) is 2.71. The Kier molecular flexibility index (Phi) is 3.89. The van der Waals surface area contributed by atoms with Crippen LogP contribution in [0.1, 0.15) is 28.0 Å². The first-order valence-electron chi connectivity index (χ1n) is 7.05. The molecule has 1 N–H and O–H groups in total. The molecule has 0 amide bonds. The number of nitrogens with zero attached hydrogens (tertiary/aromatic N) is 3. The van der Waals surface area contributed by atoms with Gasteiger partial charge in [-0.3, -0.25) is 4.79 Å². The smallest absolute Gasteiger partial charge is 0.198 e. The van der Waals surface area contributed by atoms with Crippen molar-refractivity contribution in [2.75, 3.05) is 0 Å². The number of carbonyl (C=O) groups excluding carboxylic acids is 1. The zero-order valence-corrected chi connectivity index (χ0v) is 12.3. The molecule has 2 heterocycles. The summed E-state index contributed by atoms with van der Waals surface area (Å²) in [7, 11) is 1.83. The van der Waals surface area contributed by atoms with Crippen molar-refractivity contribution >= 4 is 5.78 Å². The molecule has 112 valence electrons. The van der Waals surface area contributed by atoms with Gasteiger partial charge >= 0.3 is 0 Å². The number of aryl methyl sites for hydroxylation is 1. The van der Waals surface area contributed by atoms with Gasteiger partial charge in [0.1, 0.15) is 11.9 Å². The standard InChI is InChI=1S/C17H17N3O2/c1-19-10-5-8-14(19)15(21)12-20-11-9-18-17(20)16(22)13-6-3-2-4-7-13/h2-11,16,22H,12H2,1H3/t16-/m1/s1. The summed E-state index contributed by atoms with van der Waals surface area (Å²) in [4.78, 5) is 16.6. The van der Waals surface area contributed by atoms with Gasteiger partial charge in [-0.05, 0) is 17.7 Å². The van der Waals surface area contributed by atoms with E-state index >= 15 is 0 Å². The highest BCUT2D eigenvalue weighted by molar-refractivity contribution is 5.94. The van der Waals surface area contributed by atoms with Gasteiger partial charge in [-0.2, -0.15) is 0 Å². The molecule has 0 aliphatic rings. The number of imidazole rings is 1. The molecule has 1 atom stereocenters. The van der Waals surface area contributed by atoms with Crippen LogP contribution in [0.15, 0.2) is 61.1 Å². The summed E-state index contributed by atoms with van der Waals surface area (Å²) in [6.45, 7) is 0.150. The second kappa shape index (κ2) is 5.99. The minimum absolute atomic E-state index is 0.0213. The van der Waals surface area contributed by atoms with E-state index in [2.05, 4.69) is 4.98 Å². The van der Waals surface area contributed by atoms with Gasteiger partial charge in [-0.15, -0.1) is 0 Å². The molecule has 0 saturated carbocycles. The molecule has 5 heteroatoms. The predicted molar refractivity (Wildman–Crippen MR) is 82.5 cm³/mol. The van der Waals surface area contributed by atoms with E-state index in [0.29, 0.717) is 11.5 Å². The normalized spacial score (nSPS) is 12.3. The van der Waals surface area contributed by atoms with E-state index in [0.717, 1.165) is 5.56 Å². The van der Waals surface area contributed by atoms with Crippen LogP contribution in [0.2, 0.25) is 0 Å². The van der Waals surface area contributed by atoms with Crippen molar-refractivity contribution < 1.29 is 9.90 Å². The summed E-state index contributed by atoms with van der Waals surface area (Å²) < 4.78 is 3.47. The number of hydrogen-bond donors (Lipinski definition) is 1. The maximum Gasteiger partial charge on any atom is 0.198 e. The fraction of sp³-hybridized carbons (Fsp3) is 0.176. The Morgan fingerprint density at radius 1 is 1.18 bits per heavy atom. The summed E-state index contributed by atoms with van der Waals surface area (Å²) in [6.07, 6.45) is 4.29. The van der Waals surface area contributed by atoms with Gasteiger partial charge in [0.05, 0.1) is 12.2 Å². The number of aliphatic hydroxyl groups is 1. The summed E-state index contributed by atoms with van der Waals surface area (Å²) in [5, 5.41) is 10.5. The van der Waals surface area contributed by atoms with Crippen LogP contribution in [-0.2, 0) is 13.6 Å². The number of Topliss-reactive ketones (excluding diaryl/α,β-unsaturated/α-hetero) is 1. The van der Waals surface area contributed by atoms with Crippen molar-refractivity contribution in [1.29, 1.82) is 0 Å². The van der Waals surface area contributed by atoms with Crippen molar-refractivity contribution in [3.63, 3.8) is 0 Å². The van der Waals surface area contributed by atoms with Crippen molar-refractivity contribution in [2.45, 2.75) is 12.6 Å². The predicted octanol–water partition coefficient (Wildman–Crippen LogP) is 2.19. The lowest BCUT2D eigenvalue weighted by Gasteiger charge is -2.13. The van der Waals surface area contributed by atoms with Crippen LogP contribution in [0.5, 0.6) is 0 Å². The van der Waals surface area contributed by atoms with Gasteiger partial charge in [-0.1, -0.05) is 30.3 Å². The number of ketones is 1. The summed E-state index contributed by atoms with van der Waals surface area (Å²) in [6, 6.07) is 12.9. The minimum Gasteiger partial charge on any atom is -0.380 e. The Morgan fingerprint density at radius 2 is 1.95 bits per heavy atom. The van der Waals surface area contributed by atoms with Crippen LogP contribution >= 0.6 is 0 Å². The van der Waals surface area contributed by atoms with E-state index in [9.17, 15) is 9.90 Å². The van der Waals surface area contributed by atoms with E-state index < -0.39 is 6.10 Å². The van der Waals surface area contributed by atoms with Gasteiger partial charge in [0.25, 0.3) is 0 Å². The molecule has 22 heavy (non-hydrogen) atoms. The Bertz CT molecular complexity index is 774. The van der Waals surface area contributed by atoms with E-state index in [1.165, 1.54) is 0 Å². The lowest BCUT2D eigenvalue weighted by atomic mass is 10.1. The zero-order chi connectivity index (χ0) is 15.5.